The maximum atomic E-state index is 14.1. The molecule has 40 heavy (non-hydrogen) atoms. The van der Waals surface area contributed by atoms with Crippen LogP contribution in [0.2, 0.25) is 0 Å². The van der Waals surface area contributed by atoms with Crippen molar-refractivity contribution in [2.75, 3.05) is 19.7 Å². The molecule has 10 heteroatoms. The van der Waals surface area contributed by atoms with Gasteiger partial charge in [0.15, 0.2) is 0 Å². The van der Waals surface area contributed by atoms with Crippen molar-refractivity contribution >= 4 is 23.7 Å². The van der Waals surface area contributed by atoms with Crippen LogP contribution >= 0.6 is 0 Å². The van der Waals surface area contributed by atoms with Gasteiger partial charge < -0.3 is 29.7 Å². The summed E-state index contributed by atoms with van der Waals surface area (Å²) in [5, 5.41) is 12.7. The Kier molecular flexibility index (Phi) is 7.83. The van der Waals surface area contributed by atoms with E-state index in [-0.39, 0.29) is 37.4 Å². The molecule has 0 unspecified atom stereocenters. The third-order valence-electron chi connectivity index (χ3n) is 8.34. The van der Waals surface area contributed by atoms with E-state index in [1.807, 2.05) is 50.3 Å². The summed E-state index contributed by atoms with van der Waals surface area (Å²) in [5.74, 6) is -3.59. The van der Waals surface area contributed by atoms with Crippen LogP contribution in [0.3, 0.4) is 0 Å². The Labute approximate surface area is 234 Å². The van der Waals surface area contributed by atoms with Crippen molar-refractivity contribution in [3.05, 3.63) is 60.2 Å². The smallest absolute Gasteiger partial charge is 0.313 e. The van der Waals surface area contributed by atoms with Gasteiger partial charge in [-0.15, -0.1) is 0 Å². The number of hydrogen-bond donors (Lipinski definition) is 2. The standard InChI is InChI=1S/C30H37N3O7/c1-18(2)32-15-9-14-30-24(27(36)33(16-17-34)26(30)28(32)37)23-21(40-30)12-7-8-13-22(35)31-19(3)25(39-29(23)38)20-10-5-4-6-11-20/h4-7,9-12,14,18-19,21,23-26,34H,8,13,15-17H2,1-3H3,(H,31,35)/b12-7-/t19-,21-,23+,24+,25+,26-,30+/m1/s1. The number of carbonyl (C=O) groups is 4. The lowest BCUT2D eigenvalue weighted by molar-refractivity contribution is -0.161. The second kappa shape index (κ2) is 11.2. The monoisotopic (exact) mass is 551 g/mol. The lowest BCUT2D eigenvalue weighted by atomic mass is 9.77. The van der Waals surface area contributed by atoms with E-state index < -0.39 is 53.6 Å². The summed E-state index contributed by atoms with van der Waals surface area (Å²) in [6, 6.07) is 7.45. The van der Waals surface area contributed by atoms with Crippen molar-refractivity contribution in [3.8, 4) is 0 Å². The van der Waals surface area contributed by atoms with Gasteiger partial charge in [0.25, 0.3) is 0 Å². The molecule has 1 aromatic carbocycles. The largest absolute Gasteiger partial charge is 0.455 e. The van der Waals surface area contributed by atoms with E-state index in [4.69, 9.17) is 9.47 Å². The number of fused-ring (bicyclic) bond motifs is 2. The predicted octanol–water partition coefficient (Wildman–Crippen LogP) is 1.51. The van der Waals surface area contributed by atoms with Crippen LogP contribution in [0.5, 0.6) is 0 Å². The number of β-amino-alcohol motifs (C(OH)–C–C–N with tert-alkyl or cyclic N) is 1. The SMILES string of the molecule is CC(C)N1CC=C[C@]23O[C@@H]4/C=C\CCC(=O)N[C@H](C)[C@@H](c5ccccc5)OC(=O)[C@@H]4[C@H]2C(=O)N(CCO)[C@@H]3C1=O. The molecule has 7 atom stereocenters. The molecule has 4 heterocycles. The van der Waals surface area contributed by atoms with Crippen LogP contribution in [0, 0.1) is 11.8 Å². The molecule has 1 aromatic rings. The van der Waals surface area contributed by atoms with E-state index in [2.05, 4.69) is 5.32 Å². The molecule has 4 aliphatic heterocycles. The lowest BCUT2D eigenvalue weighted by Crippen LogP contribution is -2.56. The van der Waals surface area contributed by atoms with Crippen LogP contribution < -0.4 is 5.32 Å². The Morgan fingerprint density at radius 1 is 1.10 bits per heavy atom. The highest BCUT2D eigenvalue weighted by Gasteiger charge is 2.71. The molecule has 0 aliphatic carbocycles. The predicted molar refractivity (Wildman–Crippen MR) is 144 cm³/mol. The quantitative estimate of drug-likeness (QED) is 0.429. The Hall–Kier alpha value is -3.50. The molecule has 2 saturated heterocycles. The molecular weight excluding hydrogens is 514 g/mol. The van der Waals surface area contributed by atoms with Gasteiger partial charge in [0.2, 0.25) is 17.7 Å². The van der Waals surface area contributed by atoms with Gasteiger partial charge >= 0.3 is 5.97 Å². The highest BCUT2D eigenvalue weighted by Crippen LogP contribution is 2.53. The number of rotatable bonds is 4. The van der Waals surface area contributed by atoms with Gasteiger partial charge in [-0.3, -0.25) is 19.2 Å². The molecule has 0 radical (unpaired) electrons. The van der Waals surface area contributed by atoms with Crippen molar-refractivity contribution in [2.24, 2.45) is 11.8 Å². The van der Waals surface area contributed by atoms with Crippen LogP contribution in [0.25, 0.3) is 0 Å². The van der Waals surface area contributed by atoms with Crippen LogP contribution in [-0.4, -0.2) is 88.1 Å². The van der Waals surface area contributed by atoms with Gasteiger partial charge in [-0.25, -0.2) is 0 Å². The summed E-state index contributed by atoms with van der Waals surface area (Å²) in [4.78, 5) is 57.7. The van der Waals surface area contributed by atoms with Crippen molar-refractivity contribution in [1.29, 1.82) is 0 Å². The first-order chi connectivity index (χ1) is 19.2. The van der Waals surface area contributed by atoms with E-state index in [1.165, 1.54) is 4.90 Å². The maximum Gasteiger partial charge on any atom is 0.313 e. The van der Waals surface area contributed by atoms with Crippen molar-refractivity contribution < 1.29 is 33.8 Å². The zero-order valence-corrected chi connectivity index (χ0v) is 23.1. The van der Waals surface area contributed by atoms with E-state index in [0.29, 0.717) is 18.5 Å². The lowest BCUT2D eigenvalue weighted by Gasteiger charge is -2.36. The number of nitrogens with one attached hydrogen (secondary N) is 1. The molecule has 0 aromatic heterocycles. The molecular formula is C30H37N3O7. The Balaban J connectivity index is 1.60. The average Bonchev–Trinajstić information content (AvgIpc) is 3.29. The summed E-state index contributed by atoms with van der Waals surface area (Å²) < 4.78 is 12.7. The van der Waals surface area contributed by atoms with E-state index >= 15 is 0 Å². The first kappa shape index (κ1) is 28.0. The van der Waals surface area contributed by atoms with Crippen LogP contribution in [0.15, 0.2) is 54.6 Å². The molecule has 4 aliphatic rings. The number of hydrogen-bond acceptors (Lipinski definition) is 7. The number of ether oxygens (including phenoxy) is 2. The number of aliphatic hydroxyl groups excluding tert-OH is 1. The Bertz CT molecular complexity index is 1210. The number of amides is 3. The van der Waals surface area contributed by atoms with E-state index in [0.717, 1.165) is 0 Å². The minimum Gasteiger partial charge on any atom is -0.455 e. The second-order valence-corrected chi connectivity index (χ2v) is 11.2. The fourth-order valence-corrected chi connectivity index (χ4v) is 6.53. The zero-order chi connectivity index (χ0) is 28.6. The number of benzene rings is 1. The first-order valence-corrected chi connectivity index (χ1v) is 14.0. The average molecular weight is 552 g/mol. The minimum atomic E-state index is -1.41. The van der Waals surface area contributed by atoms with E-state index in [9.17, 15) is 24.3 Å². The zero-order valence-electron chi connectivity index (χ0n) is 23.1. The third-order valence-corrected chi connectivity index (χ3v) is 8.34. The summed E-state index contributed by atoms with van der Waals surface area (Å²) in [6.07, 6.45) is 6.05. The number of esters is 1. The number of cyclic esters (lactones) is 1. The van der Waals surface area contributed by atoms with Crippen LogP contribution in [0.1, 0.15) is 45.3 Å². The van der Waals surface area contributed by atoms with Crippen LogP contribution in [-0.2, 0) is 28.7 Å². The number of carbonyl (C=O) groups excluding carboxylic acids is 4. The van der Waals surface area contributed by atoms with Gasteiger partial charge in [0.1, 0.15) is 23.7 Å². The number of likely N-dealkylation sites (tertiary alicyclic amines) is 1. The van der Waals surface area contributed by atoms with Crippen molar-refractivity contribution in [1.82, 2.24) is 15.1 Å². The van der Waals surface area contributed by atoms with Gasteiger partial charge in [0, 0.05) is 25.6 Å². The fourth-order valence-electron chi connectivity index (χ4n) is 6.53. The van der Waals surface area contributed by atoms with Crippen molar-refractivity contribution in [3.63, 3.8) is 0 Å². The van der Waals surface area contributed by atoms with Gasteiger partial charge in [0.05, 0.1) is 24.7 Å². The second-order valence-electron chi connectivity index (χ2n) is 11.2. The maximum absolute atomic E-state index is 14.1. The number of allylic oxidation sites excluding steroid dienone is 1. The molecule has 1 spiro atoms. The highest BCUT2D eigenvalue weighted by atomic mass is 16.6. The van der Waals surface area contributed by atoms with Crippen molar-refractivity contribution in [2.45, 2.75) is 69.5 Å². The number of nitrogens with zero attached hydrogens (tertiary/aromatic N) is 2. The normalized spacial score (nSPS) is 35.2. The molecule has 2 fully saturated rings. The van der Waals surface area contributed by atoms with Gasteiger partial charge in [-0.05, 0) is 32.8 Å². The molecule has 10 nitrogen and oxygen atoms in total. The molecule has 0 bridgehead atoms. The van der Waals surface area contributed by atoms with Gasteiger partial charge in [-0.1, -0.05) is 54.6 Å². The molecule has 0 saturated carbocycles. The molecule has 2 N–H and O–H groups in total. The third kappa shape index (κ3) is 4.73. The highest BCUT2D eigenvalue weighted by molar-refractivity contribution is 5.99. The van der Waals surface area contributed by atoms with Crippen LogP contribution in [0.4, 0.5) is 0 Å². The number of aliphatic hydroxyl groups is 1. The summed E-state index contributed by atoms with van der Waals surface area (Å²) in [6.45, 7) is 5.52. The molecule has 5 rings (SSSR count). The van der Waals surface area contributed by atoms with E-state index in [1.54, 1.807) is 30.1 Å². The topological polar surface area (TPSA) is 125 Å². The minimum absolute atomic E-state index is 0.0609. The summed E-state index contributed by atoms with van der Waals surface area (Å²) in [5.41, 5.74) is -0.704. The van der Waals surface area contributed by atoms with Gasteiger partial charge in [-0.2, -0.15) is 0 Å². The Morgan fingerprint density at radius 3 is 2.55 bits per heavy atom. The summed E-state index contributed by atoms with van der Waals surface area (Å²) >= 11 is 0. The summed E-state index contributed by atoms with van der Waals surface area (Å²) in [7, 11) is 0. The Morgan fingerprint density at radius 2 is 1.85 bits per heavy atom. The molecule has 3 amide bonds. The fraction of sp³-hybridized carbons (Fsp3) is 0.533. The first-order valence-electron chi connectivity index (χ1n) is 14.0. The molecule has 214 valence electrons.